The molecule has 0 heterocycles. The van der Waals surface area contributed by atoms with Crippen molar-refractivity contribution in [3.63, 3.8) is 0 Å². The summed E-state index contributed by atoms with van der Waals surface area (Å²) < 4.78 is 4.87. The van der Waals surface area contributed by atoms with Crippen molar-refractivity contribution in [2.24, 2.45) is 0 Å². The van der Waals surface area contributed by atoms with Crippen molar-refractivity contribution in [2.75, 3.05) is 26.8 Å². The molecule has 1 rings (SSSR count). The van der Waals surface area contributed by atoms with Crippen LogP contribution in [0.2, 0.25) is 0 Å². The van der Waals surface area contributed by atoms with Crippen LogP contribution in [0.25, 0.3) is 0 Å². The van der Waals surface area contributed by atoms with Crippen molar-refractivity contribution in [3.8, 4) is 5.75 Å². The Kier molecular flexibility index (Phi) is 7.69. The standard InChI is InChI=1S/C15H24N2O3/c1-3-14(12-4-6-13(18)7-5-12)16-9-8-15(19)17-10-11-20-2/h4-7,14,16,18H,3,8-11H2,1-2H3,(H,17,19). The van der Waals surface area contributed by atoms with Crippen molar-refractivity contribution in [3.05, 3.63) is 29.8 Å². The van der Waals surface area contributed by atoms with E-state index in [-0.39, 0.29) is 17.7 Å². The van der Waals surface area contributed by atoms with Gasteiger partial charge in [0.2, 0.25) is 5.91 Å². The van der Waals surface area contributed by atoms with Gasteiger partial charge in [-0.05, 0) is 24.1 Å². The van der Waals surface area contributed by atoms with Crippen molar-refractivity contribution < 1.29 is 14.6 Å². The highest BCUT2D eigenvalue weighted by Crippen LogP contribution is 2.19. The van der Waals surface area contributed by atoms with Crippen LogP contribution < -0.4 is 10.6 Å². The van der Waals surface area contributed by atoms with E-state index >= 15 is 0 Å². The largest absolute Gasteiger partial charge is 0.508 e. The lowest BCUT2D eigenvalue weighted by Gasteiger charge is -2.17. The topological polar surface area (TPSA) is 70.6 Å². The van der Waals surface area contributed by atoms with Crippen molar-refractivity contribution in [1.82, 2.24) is 10.6 Å². The predicted octanol–water partition coefficient (Wildman–Crippen LogP) is 1.59. The minimum atomic E-state index is 0.0232. The van der Waals surface area contributed by atoms with E-state index in [1.807, 2.05) is 12.1 Å². The third-order valence-corrected chi connectivity index (χ3v) is 3.07. The van der Waals surface area contributed by atoms with Gasteiger partial charge in [-0.2, -0.15) is 0 Å². The molecule has 0 saturated heterocycles. The van der Waals surface area contributed by atoms with Gasteiger partial charge in [-0.15, -0.1) is 0 Å². The fourth-order valence-corrected chi connectivity index (χ4v) is 1.95. The number of nitrogens with one attached hydrogen (secondary N) is 2. The highest BCUT2D eigenvalue weighted by Gasteiger charge is 2.09. The fourth-order valence-electron chi connectivity index (χ4n) is 1.95. The van der Waals surface area contributed by atoms with E-state index in [1.165, 1.54) is 0 Å². The van der Waals surface area contributed by atoms with Crippen LogP contribution in [0.5, 0.6) is 5.75 Å². The molecule has 1 amide bonds. The zero-order valence-electron chi connectivity index (χ0n) is 12.2. The van der Waals surface area contributed by atoms with E-state index in [0.29, 0.717) is 26.1 Å². The molecule has 1 unspecified atom stereocenters. The first-order valence-electron chi connectivity index (χ1n) is 6.95. The Hall–Kier alpha value is -1.59. The second-order valence-corrected chi connectivity index (χ2v) is 4.60. The quantitative estimate of drug-likeness (QED) is 0.601. The summed E-state index contributed by atoms with van der Waals surface area (Å²) in [7, 11) is 1.61. The maximum absolute atomic E-state index is 11.5. The number of methoxy groups -OCH3 is 1. The zero-order chi connectivity index (χ0) is 14.8. The van der Waals surface area contributed by atoms with Gasteiger partial charge in [0.1, 0.15) is 5.75 Å². The Morgan fingerprint density at radius 3 is 2.60 bits per heavy atom. The minimum Gasteiger partial charge on any atom is -0.508 e. The summed E-state index contributed by atoms with van der Waals surface area (Å²) in [6.07, 6.45) is 1.37. The molecule has 0 saturated carbocycles. The Balaban J connectivity index is 2.31. The van der Waals surface area contributed by atoms with E-state index < -0.39 is 0 Å². The molecule has 1 aromatic carbocycles. The second-order valence-electron chi connectivity index (χ2n) is 4.60. The highest BCUT2D eigenvalue weighted by atomic mass is 16.5. The van der Waals surface area contributed by atoms with Gasteiger partial charge in [-0.1, -0.05) is 19.1 Å². The van der Waals surface area contributed by atoms with Crippen molar-refractivity contribution in [1.29, 1.82) is 0 Å². The second kappa shape index (κ2) is 9.34. The molecular weight excluding hydrogens is 256 g/mol. The molecule has 0 aliphatic heterocycles. The Morgan fingerprint density at radius 2 is 2.00 bits per heavy atom. The summed E-state index contributed by atoms with van der Waals surface area (Å²) in [5.41, 5.74) is 1.12. The molecular formula is C15H24N2O3. The number of carbonyl (C=O) groups excluding carboxylic acids is 1. The first-order valence-corrected chi connectivity index (χ1v) is 6.95. The Morgan fingerprint density at radius 1 is 1.30 bits per heavy atom. The third kappa shape index (κ3) is 6.04. The fraction of sp³-hybridized carbons (Fsp3) is 0.533. The highest BCUT2D eigenvalue weighted by molar-refractivity contribution is 5.76. The molecule has 0 aliphatic rings. The predicted molar refractivity (Wildman–Crippen MR) is 78.6 cm³/mol. The van der Waals surface area contributed by atoms with Gasteiger partial charge in [-0.3, -0.25) is 4.79 Å². The number of amides is 1. The Labute approximate surface area is 120 Å². The molecule has 0 spiro atoms. The van der Waals surface area contributed by atoms with E-state index in [4.69, 9.17) is 4.74 Å². The average Bonchev–Trinajstić information content (AvgIpc) is 2.45. The van der Waals surface area contributed by atoms with E-state index in [9.17, 15) is 9.90 Å². The van der Waals surface area contributed by atoms with Crippen molar-refractivity contribution >= 4 is 5.91 Å². The number of phenols is 1. The first-order chi connectivity index (χ1) is 9.67. The van der Waals surface area contributed by atoms with Crippen molar-refractivity contribution in [2.45, 2.75) is 25.8 Å². The van der Waals surface area contributed by atoms with Crippen LogP contribution >= 0.6 is 0 Å². The zero-order valence-corrected chi connectivity index (χ0v) is 12.2. The maximum atomic E-state index is 11.5. The number of hydrogen-bond donors (Lipinski definition) is 3. The molecule has 20 heavy (non-hydrogen) atoms. The Bertz CT molecular complexity index is 393. The number of aromatic hydroxyl groups is 1. The third-order valence-electron chi connectivity index (χ3n) is 3.07. The van der Waals surface area contributed by atoms with Gasteiger partial charge in [0, 0.05) is 32.7 Å². The molecule has 5 nitrogen and oxygen atoms in total. The van der Waals surface area contributed by atoms with Gasteiger partial charge >= 0.3 is 0 Å². The number of phenolic OH excluding ortho intramolecular Hbond substituents is 1. The first kappa shape index (κ1) is 16.5. The number of benzene rings is 1. The molecule has 0 aliphatic carbocycles. The van der Waals surface area contributed by atoms with Crippen LogP contribution in [0.1, 0.15) is 31.4 Å². The molecule has 5 heteroatoms. The molecule has 112 valence electrons. The summed E-state index contributed by atoms with van der Waals surface area (Å²) in [6, 6.07) is 7.35. The monoisotopic (exact) mass is 280 g/mol. The molecule has 1 aromatic rings. The van der Waals surface area contributed by atoms with Crippen LogP contribution in [-0.2, 0) is 9.53 Å². The number of rotatable bonds is 9. The molecule has 3 N–H and O–H groups in total. The van der Waals surface area contributed by atoms with E-state index in [0.717, 1.165) is 12.0 Å². The number of ether oxygens (including phenoxy) is 1. The van der Waals surface area contributed by atoms with Gasteiger partial charge in [0.25, 0.3) is 0 Å². The average molecular weight is 280 g/mol. The SMILES string of the molecule is CCC(NCCC(=O)NCCOC)c1ccc(O)cc1. The normalized spacial score (nSPS) is 12.1. The minimum absolute atomic E-state index is 0.0232. The maximum Gasteiger partial charge on any atom is 0.221 e. The van der Waals surface area contributed by atoms with Gasteiger partial charge in [0.15, 0.2) is 0 Å². The summed E-state index contributed by atoms with van der Waals surface area (Å²) in [6.45, 7) is 3.79. The summed E-state index contributed by atoms with van der Waals surface area (Å²) in [5.74, 6) is 0.288. The van der Waals surface area contributed by atoms with E-state index in [1.54, 1.807) is 19.2 Å². The molecule has 0 fully saturated rings. The van der Waals surface area contributed by atoms with E-state index in [2.05, 4.69) is 17.6 Å². The lowest BCUT2D eigenvalue weighted by molar-refractivity contribution is -0.121. The van der Waals surface area contributed by atoms with Gasteiger partial charge in [-0.25, -0.2) is 0 Å². The van der Waals surface area contributed by atoms with Gasteiger partial charge < -0.3 is 20.5 Å². The molecule has 0 bridgehead atoms. The smallest absolute Gasteiger partial charge is 0.221 e. The van der Waals surface area contributed by atoms with Crippen LogP contribution in [-0.4, -0.2) is 37.8 Å². The summed E-state index contributed by atoms with van der Waals surface area (Å²) >= 11 is 0. The summed E-state index contributed by atoms with van der Waals surface area (Å²) in [4.78, 5) is 11.5. The van der Waals surface area contributed by atoms with Crippen LogP contribution in [0, 0.1) is 0 Å². The molecule has 1 atom stereocenters. The molecule has 0 aromatic heterocycles. The summed E-state index contributed by atoms with van der Waals surface area (Å²) in [5, 5.41) is 15.4. The van der Waals surface area contributed by atoms with Gasteiger partial charge in [0.05, 0.1) is 6.61 Å². The molecule has 0 radical (unpaired) electrons. The van der Waals surface area contributed by atoms with Crippen LogP contribution in [0.3, 0.4) is 0 Å². The lowest BCUT2D eigenvalue weighted by atomic mass is 10.0. The number of carbonyl (C=O) groups is 1. The van der Waals surface area contributed by atoms with Crippen LogP contribution in [0.15, 0.2) is 24.3 Å². The lowest BCUT2D eigenvalue weighted by Crippen LogP contribution is -2.31. The number of hydrogen-bond acceptors (Lipinski definition) is 4. The van der Waals surface area contributed by atoms with Crippen LogP contribution in [0.4, 0.5) is 0 Å².